The summed E-state index contributed by atoms with van der Waals surface area (Å²) in [5.41, 5.74) is 7.31. The fraction of sp³-hybridized carbons (Fsp3) is 0.480. The van der Waals surface area contributed by atoms with E-state index in [1.807, 2.05) is 11.3 Å². The number of unbranched alkanes of at least 4 members (excludes halogenated alkanes) is 3. The lowest BCUT2D eigenvalue weighted by Gasteiger charge is -2.18. The normalized spacial score (nSPS) is 11.4. The molecule has 3 rings (SSSR count). The highest BCUT2D eigenvalue weighted by atomic mass is 32.1. The standard InChI is InChI=1S/C25H33NS/c1-4-7-12-19-17-18-22(21(14-9-6-3)20(19)13-8-5-2)25-26-23-15-10-11-16-24(23)27-25/h10-11,15-18H,4-9,12-14H2,1-3H3. The van der Waals surface area contributed by atoms with Crippen molar-refractivity contribution in [3.63, 3.8) is 0 Å². The van der Waals surface area contributed by atoms with Gasteiger partial charge in [0.05, 0.1) is 10.2 Å². The highest BCUT2D eigenvalue weighted by molar-refractivity contribution is 7.21. The molecule has 1 nitrogen and oxygen atoms in total. The number of rotatable bonds is 10. The summed E-state index contributed by atoms with van der Waals surface area (Å²) in [4.78, 5) is 4.98. The molecule has 2 aromatic carbocycles. The molecule has 0 amide bonds. The number of aromatic nitrogens is 1. The van der Waals surface area contributed by atoms with Gasteiger partial charge in [0.1, 0.15) is 5.01 Å². The maximum atomic E-state index is 4.98. The first-order chi connectivity index (χ1) is 13.3. The summed E-state index contributed by atoms with van der Waals surface area (Å²) < 4.78 is 1.29. The predicted octanol–water partition coefficient (Wildman–Crippen LogP) is 7.99. The zero-order valence-corrected chi connectivity index (χ0v) is 18.0. The Hall–Kier alpha value is -1.67. The summed E-state index contributed by atoms with van der Waals surface area (Å²) in [6.07, 6.45) is 11.2. The maximum Gasteiger partial charge on any atom is 0.124 e. The Morgan fingerprint density at radius 2 is 1.41 bits per heavy atom. The SMILES string of the molecule is CCCCc1ccc(-c2nc3ccccc3s2)c(CCCC)c1CCCC. The molecule has 0 aliphatic heterocycles. The van der Waals surface area contributed by atoms with E-state index in [4.69, 9.17) is 4.98 Å². The molecule has 0 N–H and O–H groups in total. The van der Waals surface area contributed by atoms with E-state index in [0.717, 1.165) is 5.52 Å². The lowest BCUT2D eigenvalue weighted by molar-refractivity contribution is 0.736. The van der Waals surface area contributed by atoms with Crippen LogP contribution in [0.4, 0.5) is 0 Å². The number of para-hydroxylation sites is 1. The van der Waals surface area contributed by atoms with Crippen LogP contribution in [0.2, 0.25) is 0 Å². The van der Waals surface area contributed by atoms with E-state index in [9.17, 15) is 0 Å². The molecule has 0 atom stereocenters. The lowest BCUT2D eigenvalue weighted by Crippen LogP contribution is -2.04. The number of nitrogens with zero attached hydrogens (tertiary/aromatic N) is 1. The van der Waals surface area contributed by atoms with Gasteiger partial charge in [-0.05, 0) is 67.3 Å². The second-order valence-corrected chi connectivity index (χ2v) is 8.56. The fourth-order valence-electron chi connectivity index (χ4n) is 3.83. The van der Waals surface area contributed by atoms with Crippen molar-refractivity contribution in [1.29, 1.82) is 0 Å². The summed E-state index contributed by atoms with van der Waals surface area (Å²) in [6, 6.07) is 13.3. The Morgan fingerprint density at radius 1 is 0.741 bits per heavy atom. The molecule has 0 saturated heterocycles. The van der Waals surface area contributed by atoms with Gasteiger partial charge < -0.3 is 0 Å². The molecule has 0 radical (unpaired) electrons. The van der Waals surface area contributed by atoms with Crippen LogP contribution in [0.25, 0.3) is 20.8 Å². The predicted molar refractivity (Wildman–Crippen MR) is 121 cm³/mol. The number of hydrogen-bond acceptors (Lipinski definition) is 2. The van der Waals surface area contributed by atoms with Gasteiger partial charge in [-0.2, -0.15) is 0 Å². The average Bonchev–Trinajstić information content (AvgIpc) is 3.13. The van der Waals surface area contributed by atoms with Crippen molar-refractivity contribution in [1.82, 2.24) is 4.98 Å². The first kappa shape index (κ1) is 20.1. The Bertz CT molecular complexity index is 829. The fourth-order valence-corrected chi connectivity index (χ4v) is 4.85. The topological polar surface area (TPSA) is 12.9 Å². The summed E-state index contributed by atoms with van der Waals surface area (Å²) >= 11 is 1.84. The average molecular weight is 380 g/mol. The maximum absolute atomic E-state index is 4.98. The van der Waals surface area contributed by atoms with Crippen LogP contribution in [0.3, 0.4) is 0 Å². The minimum Gasteiger partial charge on any atom is -0.236 e. The quantitative estimate of drug-likeness (QED) is 0.348. The van der Waals surface area contributed by atoms with Crippen molar-refractivity contribution in [2.75, 3.05) is 0 Å². The smallest absolute Gasteiger partial charge is 0.124 e. The van der Waals surface area contributed by atoms with E-state index in [-0.39, 0.29) is 0 Å². The van der Waals surface area contributed by atoms with Crippen LogP contribution in [0.1, 0.15) is 76.0 Å². The molecule has 2 heteroatoms. The molecule has 0 aliphatic carbocycles. The third kappa shape index (κ3) is 4.79. The summed E-state index contributed by atoms with van der Waals surface area (Å²) in [5.74, 6) is 0. The largest absolute Gasteiger partial charge is 0.236 e. The molecule has 27 heavy (non-hydrogen) atoms. The van der Waals surface area contributed by atoms with Gasteiger partial charge in [-0.1, -0.05) is 64.3 Å². The Labute approximate surface area is 168 Å². The Kier molecular flexibility index (Phi) is 7.46. The highest BCUT2D eigenvalue weighted by Crippen LogP contribution is 2.36. The van der Waals surface area contributed by atoms with Crippen molar-refractivity contribution in [2.45, 2.75) is 78.6 Å². The Balaban J connectivity index is 2.10. The van der Waals surface area contributed by atoms with Crippen molar-refractivity contribution in [3.05, 3.63) is 53.1 Å². The Morgan fingerprint density at radius 3 is 2.11 bits per heavy atom. The molecule has 1 aromatic heterocycles. The zero-order valence-electron chi connectivity index (χ0n) is 17.2. The second-order valence-electron chi connectivity index (χ2n) is 7.53. The van der Waals surface area contributed by atoms with Gasteiger partial charge in [0, 0.05) is 5.56 Å². The zero-order chi connectivity index (χ0) is 19.1. The van der Waals surface area contributed by atoms with Gasteiger partial charge in [-0.15, -0.1) is 11.3 Å². The highest BCUT2D eigenvalue weighted by Gasteiger charge is 2.16. The molecule has 0 saturated carbocycles. The van der Waals surface area contributed by atoms with Crippen molar-refractivity contribution < 1.29 is 0 Å². The molecule has 0 spiro atoms. The number of benzene rings is 2. The third-order valence-electron chi connectivity index (χ3n) is 5.41. The van der Waals surface area contributed by atoms with E-state index in [0.29, 0.717) is 0 Å². The van der Waals surface area contributed by atoms with Crippen LogP contribution < -0.4 is 0 Å². The molecular formula is C25H33NS. The van der Waals surface area contributed by atoms with Crippen molar-refractivity contribution in [3.8, 4) is 10.6 Å². The van der Waals surface area contributed by atoms with E-state index in [1.54, 1.807) is 16.7 Å². The van der Waals surface area contributed by atoms with E-state index >= 15 is 0 Å². The van der Waals surface area contributed by atoms with Crippen LogP contribution in [0.5, 0.6) is 0 Å². The van der Waals surface area contributed by atoms with Crippen LogP contribution in [0, 0.1) is 0 Å². The van der Waals surface area contributed by atoms with E-state index < -0.39 is 0 Å². The molecular weight excluding hydrogens is 346 g/mol. The lowest BCUT2D eigenvalue weighted by atomic mass is 9.88. The summed E-state index contributed by atoms with van der Waals surface area (Å²) in [6.45, 7) is 6.89. The molecule has 0 unspecified atom stereocenters. The molecule has 144 valence electrons. The van der Waals surface area contributed by atoms with Gasteiger partial charge in [-0.3, -0.25) is 0 Å². The van der Waals surface area contributed by atoms with Crippen LogP contribution in [-0.4, -0.2) is 4.98 Å². The second kappa shape index (κ2) is 10.0. The minimum atomic E-state index is 1.13. The van der Waals surface area contributed by atoms with Crippen molar-refractivity contribution in [2.24, 2.45) is 0 Å². The summed E-state index contributed by atoms with van der Waals surface area (Å²) in [5, 5.41) is 1.20. The first-order valence-electron chi connectivity index (χ1n) is 10.8. The minimum absolute atomic E-state index is 1.13. The molecule has 3 aromatic rings. The summed E-state index contributed by atoms with van der Waals surface area (Å²) in [7, 11) is 0. The molecule has 0 fully saturated rings. The number of thiazole rings is 1. The van der Waals surface area contributed by atoms with Crippen molar-refractivity contribution >= 4 is 21.6 Å². The van der Waals surface area contributed by atoms with Gasteiger partial charge in [0.25, 0.3) is 0 Å². The van der Waals surface area contributed by atoms with E-state index in [2.05, 4.69) is 57.2 Å². The van der Waals surface area contributed by atoms with Crippen LogP contribution >= 0.6 is 11.3 Å². The van der Waals surface area contributed by atoms with Crippen LogP contribution in [0.15, 0.2) is 36.4 Å². The van der Waals surface area contributed by atoms with Gasteiger partial charge in [0.15, 0.2) is 0 Å². The number of fused-ring (bicyclic) bond motifs is 1. The first-order valence-corrected chi connectivity index (χ1v) is 11.6. The molecule has 0 bridgehead atoms. The third-order valence-corrected chi connectivity index (χ3v) is 6.48. The number of hydrogen-bond donors (Lipinski definition) is 0. The van der Waals surface area contributed by atoms with Gasteiger partial charge in [0.2, 0.25) is 0 Å². The molecule has 0 aliphatic rings. The van der Waals surface area contributed by atoms with Gasteiger partial charge >= 0.3 is 0 Å². The monoisotopic (exact) mass is 379 g/mol. The number of aryl methyl sites for hydroxylation is 1. The molecule has 1 heterocycles. The van der Waals surface area contributed by atoms with Gasteiger partial charge in [-0.25, -0.2) is 4.98 Å². The van der Waals surface area contributed by atoms with E-state index in [1.165, 1.54) is 73.1 Å². The van der Waals surface area contributed by atoms with Crippen LogP contribution in [-0.2, 0) is 19.3 Å².